The van der Waals surface area contributed by atoms with Crippen LogP contribution in [-0.2, 0) is 0 Å². The van der Waals surface area contributed by atoms with Gasteiger partial charge in [0, 0.05) is 20.9 Å². The van der Waals surface area contributed by atoms with Gasteiger partial charge in [-0.2, -0.15) is 5.10 Å². The average Bonchev–Trinajstić information content (AvgIpc) is 2.96. The number of hydrogen-bond acceptors (Lipinski definition) is 4. The minimum atomic E-state index is -0.779. The lowest BCUT2D eigenvalue weighted by molar-refractivity contribution is 0.474. The van der Waals surface area contributed by atoms with E-state index >= 15 is 0 Å². The van der Waals surface area contributed by atoms with Crippen LogP contribution in [0.25, 0.3) is 21.9 Å². The number of aromatic hydroxyl groups is 1. The molecule has 9 heteroatoms. The number of hydrogen-bond donors (Lipinski definition) is 3. The summed E-state index contributed by atoms with van der Waals surface area (Å²) in [6, 6.07) is 8.65. The van der Waals surface area contributed by atoms with Crippen LogP contribution < -0.4 is 11.2 Å². The SMILES string of the molecule is O=c1[nH]c2c([nH]c3ccc(F)cc32)c(=O)n1N=Cc1cc(Br)ccc1O. The number of halogens is 2. The lowest BCUT2D eigenvalue weighted by atomic mass is 10.2. The summed E-state index contributed by atoms with van der Waals surface area (Å²) in [4.78, 5) is 30.3. The van der Waals surface area contributed by atoms with Crippen molar-refractivity contribution in [1.29, 1.82) is 0 Å². The molecule has 130 valence electrons. The molecule has 0 aliphatic carbocycles. The van der Waals surface area contributed by atoms with Gasteiger partial charge in [0.05, 0.1) is 11.7 Å². The summed E-state index contributed by atoms with van der Waals surface area (Å²) in [7, 11) is 0. The van der Waals surface area contributed by atoms with Crippen LogP contribution in [0.4, 0.5) is 4.39 Å². The van der Waals surface area contributed by atoms with Gasteiger partial charge in [0.1, 0.15) is 17.1 Å². The maximum atomic E-state index is 13.5. The summed E-state index contributed by atoms with van der Waals surface area (Å²) in [5.41, 5.74) is -0.318. The number of nitrogens with zero attached hydrogens (tertiary/aromatic N) is 2. The summed E-state index contributed by atoms with van der Waals surface area (Å²) in [5, 5.41) is 14.1. The Morgan fingerprint density at radius 3 is 2.73 bits per heavy atom. The average molecular weight is 417 g/mol. The van der Waals surface area contributed by atoms with Crippen molar-refractivity contribution in [3.63, 3.8) is 0 Å². The molecule has 0 radical (unpaired) electrons. The number of rotatable bonds is 2. The minimum absolute atomic E-state index is 0.0522. The smallest absolute Gasteiger partial charge is 0.350 e. The number of H-pyrrole nitrogens is 2. The number of aromatic nitrogens is 3. The number of phenolic OH excluding ortho intramolecular Hbond substituents is 1. The highest BCUT2D eigenvalue weighted by atomic mass is 79.9. The molecule has 2 aromatic carbocycles. The standard InChI is InChI=1S/C17H10BrFN4O3/c18-9-1-4-13(24)8(5-9)7-20-23-16(25)15-14(22-17(23)26)11-6-10(19)2-3-12(11)21-15/h1-7,21,24H,(H,22,26). The molecule has 2 heterocycles. The van der Waals surface area contributed by atoms with Crippen LogP contribution in [0.2, 0.25) is 0 Å². The Morgan fingerprint density at radius 2 is 1.92 bits per heavy atom. The molecule has 4 aromatic rings. The highest BCUT2D eigenvalue weighted by molar-refractivity contribution is 9.10. The summed E-state index contributed by atoms with van der Waals surface area (Å²) in [5.74, 6) is -0.532. The molecule has 0 saturated heterocycles. The van der Waals surface area contributed by atoms with Gasteiger partial charge in [0.25, 0.3) is 0 Å². The molecular weight excluding hydrogens is 407 g/mol. The molecule has 0 spiro atoms. The monoisotopic (exact) mass is 416 g/mol. The molecule has 0 unspecified atom stereocenters. The van der Waals surface area contributed by atoms with E-state index in [1.165, 1.54) is 30.5 Å². The van der Waals surface area contributed by atoms with Crippen molar-refractivity contribution in [3.8, 4) is 5.75 Å². The van der Waals surface area contributed by atoms with Crippen molar-refractivity contribution in [3.05, 3.63) is 73.1 Å². The lowest BCUT2D eigenvalue weighted by Crippen LogP contribution is -2.32. The van der Waals surface area contributed by atoms with Crippen molar-refractivity contribution in [2.24, 2.45) is 5.10 Å². The molecule has 0 bridgehead atoms. The van der Waals surface area contributed by atoms with Gasteiger partial charge in [-0.15, -0.1) is 4.68 Å². The van der Waals surface area contributed by atoms with E-state index in [4.69, 9.17) is 0 Å². The second kappa shape index (κ2) is 5.95. The zero-order chi connectivity index (χ0) is 18.4. The minimum Gasteiger partial charge on any atom is -0.507 e. The van der Waals surface area contributed by atoms with E-state index in [1.54, 1.807) is 12.1 Å². The van der Waals surface area contributed by atoms with E-state index in [0.29, 0.717) is 25.6 Å². The largest absolute Gasteiger partial charge is 0.507 e. The van der Waals surface area contributed by atoms with Crippen molar-refractivity contribution in [2.75, 3.05) is 0 Å². The van der Waals surface area contributed by atoms with Gasteiger partial charge in [-0.05, 0) is 36.4 Å². The Morgan fingerprint density at radius 1 is 1.12 bits per heavy atom. The second-order valence-corrected chi connectivity index (χ2v) is 6.48. The highest BCUT2D eigenvalue weighted by Gasteiger charge is 2.13. The van der Waals surface area contributed by atoms with E-state index in [1.807, 2.05) is 0 Å². The normalized spacial score (nSPS) is 11.8. The summed E-state index contributed by atoms with van der Waals surface area (Å²) < 4.78 is 14.8. The number of phenols is 1. The molecule has 2 aromatic heterocycles. The summed E-state index contributed by atoms with van der Waals surface area (Å²) in [6.45, 7) is 0. The van der Waals surface area contributed by atoms with Crippen LogP contribution in [-0.4, -0.2) is 26.0 Å². The molecule has 26 heavy (non-hydrogen) atoms. The van der Waals surface area contributed by atoms with E-state index in [2.05, 4.69) is 31.0 Å². The number of benzene rings is 2. The van der Waals surface area contributed by atoms with Crippen LogP contribution >= 0.6 is 15.9 Å². The number of fused-ring (bicyclic) bond motifs is 3. The Balaban J connectivity index is 1.92. The fourth-order valence-corrected chi connectivity index (χ4v) is 3.04. The first-order valence-electron chi connectivity index (χ1n) is 7.43. The van der Waals surface area contributed by atoms with E-state index < -0.39 is 17.1 Å². The molecule has 0 aliphatic heterocycles. The van der Waals surface area contributed by atoms with Crippen LogP contribution in [0.1, 0.15) is 5.56 Å². The first-order valence-corrected chi connectivity index (χ1v) is 8.22. The van der Waals surface area contributed by atoms with Gasteiger partial charge < -0.3 is 15.1 Å². The molecule has 0 aliphatic rings. The fourth-order valence-electron chi connectivity index (χ4n) is 2.67. The highest BCUT2D eigenvalue weighted by Crippen LogP contribution is 2.22. The zero-order valence-corrected chi connectivity index (χ0v) is 14.5. The molecule has 4 rings (SSSR count). The Hall–Kier alpha value is -3.20. The first kappa shape index (κ1) is 16.3. The first-order chi connectivity index (χ1) is 12.4. The number of nitrogens with one attached hydrogen (secondary N) is 2. The van der Waals surface area contributed by atoms with Gasteiger partial charge >= 0.3 is 11.2 Å². The van der Waals surface area contributed by atoms with Gasteiger partial charge in [0.15, 0.2) is 0 Å². The van der Waals surface area contributed by atoms with Crippen LogP contribution in [0.5, 0.6) is 5.75 Å². The van der Waals surface area contributed by atoms with Crippen molar-refractivity contribution in [2.45, 2.75) is 0 Å². The lowest BCUT2D eigenvalue weighted by Gasteiger charge is -2.00. The Labute approximate surface area is 152 Å². The van der Waals surface area contributed by atoms with Crippen LogP contribution in [0.3, 0.4) is 0 Å². The maximum absolute atomic E-state index is 13.5. The van der Waals surface area contributed by atoms with E-state index in [-0.39, 0.29) is 16.8 Å². The summed E-state index contributed by atoms with van der Waals surface area (Å²) >= 11 is 3.26. The topological polar surface area (TPSA) is 103 Å². The molecule has 0 saturated carbocycles. The van der Waals surface area contributed by atoms with Gasteiger partial charge in [-0.25, -0.2) is 9.18 Å². The Bertz CT molecular complexity index is 1320. The van der Waals surface area contributed by atoms with Gasteiger partial charge in [-0.1, -0.05) is 15.9 Å². The summed E-state index contributed by atoms with van der Waals surface area (Å²) in [6.07, 6.45) is 1.20. The van der Waals surface area contributed by atoms with Crippen molar-refractivity contribution in [1.82, 2.24) is 14.6 Å². The quantitative estimate of drug-likeness (QED) is 0.437. The van der Waals surface area contributed by atoms with Gasteiger partial charge in [-0.3, -0.25) is 4.79 Å². The zero-order valence-electron chi connectivity index (χ0n) is 13.0. The van der Waals surface area contributed by atoms with Crippen LogP contribution in [0, 0.1) is 5.82 Å². The van der Waals surface area contributed by atoms with Crippen molar-refractivity contribution < 1.29 is 9.50 Å². The third kappa shape index (κ3) is 2.62. The van der Waals surface area contributed by atoms with E-state index in [0.717, 1.165) is 0 Å². The Kier molecular flexibility index (Phi) is 3.73. The fraction of sp³-hybridized carbons (Fsp3) is 0. The van der Waals surface area contributed by atoms with Crippen LogP contribution in [0.15, 0.2) is 55.6 Å². The number of aromatic amines is 2. The molecule has 0 fully saturated rings. The maximum Gasteiger partial charge on any atom is 0.350 e. The third-order valence-corrected chi connectivity index (χ3v) is 4.39. The second-order valence-electron chi connectivity index (χ2n) is 5.56. The molecular formula is C17H10BrFN4O3. The molecule has 0 amide bonds. The molecule has 7 nitrogen and oxygen atoms in total. The predicted molar refractivity (Wildman–Crippen MR) is 99.4 cm³/mol. The molecule has 3 N–H and O–H groups in total. The predicted octanol–water partition coefficient (Wildman–Crippen LogP) is 2.66. The molecule has 0 atom stereocenters. The third-order valence-electron chi connectivity index (χ3n) is 3.89. The van der Waals surface area contributed by atoms with Gasteiger partial charge in [0.2, 0.25) is 0 Å². The van der Waals surface area contributed by atoms with Crippen molar-refractivity contribution >= 4 is 44.1 Å². The van der Waals surface area contributed by atoms with E-state index in [9.17, 15) is 19.1 Å².